The highest BCUT2D eigenvalue weighted by atomic mass is 16.5. The van der Waals surface area contributed by atoms with Gasteiger partial charge in [-0.2, -0.15) is 0 Å². The minimum atomic E-state index is 0.555. The second kappa shape index (κ2) is 6.83. The topological polar surface area (TPSA) is 21.3 Å². The Bertz CT molecular complexity index is 429. The highest BCUT2D eigenvalue weighted by Crippen LogP contribution is 2.42. The molecule has 1 aromatic rings. The number of ether oxygens (including phenoxy) is 1. The summed E-state index contributed by atoms with van der Waals surface area (Å²) in [5, 5.41) is 3.98. The van der Waals surface area contributed by atoms with Gasteiger partial charge in [-0.05, 0) is 68.1 Å². The maximum Gasteiger partial charge on any atom is 0.118 e. The van der Waals surface area contributed by atoms with E-state index in [1.54, 1.807) is 7.11 Å². The molecule has 0 amide bonds. The molecule has 2 heteroatoms. The summed E-state index contributed by atoms with van der Waals surface area (Å²) in [5.41, 5.74) is 1.44. The van der Waals surface area contributed by atoms with Gasteiger partial charge < -0.3 is 10.1 Å². The Kier molecular flexibility index (Phi) is 4.84. The van der Waals surface area contributed by atoms with Crippen molar-refractivity contribution >= 4 is 0 Å². The molecule has 3 rings (SSSR count). The van der Waals surface area contributed by atoms with E-state index in [1.807, 2.05) is 0 Å². The molecule has 1 N–H and O–H groups in total. The van der Waals surface area contributed by atoms with E-state index in [2.05, 4.69) is 36.5 Å². The van der Waals surface area contributed by atoms with Crippen molar-refractivity contribution in [2.75, 3.05) is 7.11 Å². The second-order valence-electron chi connectivity index (χ2n) is 6.88. The summed E-state index contributed by atoms with van der Waals surface area (Å²) >= 11 is 0. The second-order valence-corrected chi connectivity index (χ2v) is 6.88. The van der Waals surface area contributed by atoms with Crippen molar-refractivity contribution < 1.29 is 4.74 Å². The van der Waals surface area contributed by atoms with Gasteiger partial charge >= 0.3 is 0 Å². The molecular formula is C19H29NO. The van der Waals surface area contributed by atoms with Crippen LogP contribution in [0.25, 0.3) is 0 Å². The Labute approximate surface area is 129 Å². The number of benzene rings is 1. The van der Waals surface area contributed by atoms with E-state index >= 15 is 0 Å². The fraction of sp³-hybridized carbons (Fsp3) is 0.684. The van der Waals surface area contributed by atoms with E-state index in [0.717, 1.165) is 23.6 Å². The lowest BCUT2D eigenvalue weighted by molar-refractivity contribution is 0.262. The maximum atomic E-state index is 5.28. The smallest absolute Gasteiger partial charge is 0.118 e. The molecule has 116 valence electrons. The molecule has 0 spiro atoms. The van der Waals surface area contributed by atoms with Gasteiger partial charge in [0.2, 0.25) is 0 Å². The average molecular weight is 287 g/mol. The molecule has 2 fully saturated rings. The fourth-order valence-corrected chi connectivity index (χ4v) is 3.74. The van der Waals surface area contributed by atoms with Crippen LogP contribution in [0.1, 0.15) is 63.5 Å². The first-order valence-electron chi connectivity index (χ1n) is 8.70. The van der Waals surface area contributed by atoms with Crippen molar-refractivity contribution in [3.8, 4) is 5.75 Å². The molecule has 2 saturated carbocycles. The Hall–Kier alpha value is -1.02. The normalized spacial score (nSPS) is 27.3. The van der Waals surface area contributed by atoms with Crippen molar-refractivity contribution in [2.45, 2.75) is 64.0 Å². The van der Waals surface area contributed by atoms with Crippen LogP contribution in [0.2, 0.25) is 0 Å². The van der Waals surface area contributed by atoms with Gasteiger partial charge in [-0.1, -0.05) is 25.5 Å². The lowest BCUT2D eigenvalue weighted by Crippen LogP contribution is -2.36. The molecular weight excluding hydrogens is 258 g/mol. The summed E-state index contributed by atoms with van der Waals surface area (Å²) in [4.78, 5) is 0. The van der Waals surface area contributed by atoms with Gasteiger partial charge in [0.05, 0.1) is 7.11 Å². The highest BCUT2D eigenvalue weighted by molar-refractivity contribution is 5.30. The van der Waals surface area contributed by atoms with Gasteiger partial charge in [0.15, 0.2) is 0 Å². The van der Waals surface area contributed by atoms with Gasteiger partial charge in [-0.15, -0.1) is 0 Å². The van der Waals surface area contributed by atoms with Gasteiger partial charge in [-0.3, -0.25) is 0 Å². The molecule has 0 radical (unpaired) electrons. The fourth-order valence-electron chi connectivity index (χ4n) is 3.74. The van der Waals surface area contributed by atoms with Crippen LogP contribution in [0.3, 0.4) is 0 Å². The van der Waals surface area contributed by atoms with Crippen LogP contribution in [0.5, 0.6) is 5.75 Å². The van der Waals surface area contributed by atoms with Crippen LogP contribution in [-0.4, -0.2) is 13.2 Å². The van der Waals surface area contributed by atoms with Crippen LogP contribution in [0.15, 0.2) is 24.3 Å². The van der Waals surface area contributed by atoms with Crippen LogP contribution < -0.4 is 10.1 Å². The molecule has 1 unspecified atom stereocenters. The minimum Gasteiger partial charge on any atom is -0.497 e. The Morgan fingerprint density at radius 1 is 1.05 bits per heavy atom. The number of methoxy groups -OCH3 is 1. The van der Waals surface area contributed by atoms with E-state index in [4.69, 9.17) is 4.74 Å². The SMILES string of the molecule is CCC1CCC(NC(c2ccc(OC)cc2)C2CC2)CC1. The maximum absolute atomic E-state index is 5.28. The standard InChI is InChI=1S/C19H29NO/c1-3-14-4-10-17(11-5-14)20-19(15-6-7-15)16-8-12-18(21-2)13-9-16/h8-9,12-15,17,19-20H,3-7,10-11H2,1-2H3. The predicted molar refractivity (Wildman–Crippen MR) is 87.6 cm³/mol. The zero-order valence-electron chi connectivity index (χ0n) is 13.5. The third-order valence-electron chi connectivity index (χ3n) is 5.41. The molecule has 1 aromatic carbocycles. The van der Waals surface area contributed by atoms with E-state index in [-0.39, 0.29) is 0 Å². The highest BCUT2D eigenvalue weighted by Gasteiger charge is 2.34. The Morgan fingerprint density at radius 3 is 2.24 bits per heavy atom. The molecule has 2 aliphatic rings. The van der Waals surface area contributed by atoms with Crippen molar-refractivity contribution in [2.24, 2.45) is 11.8 Å². The summed E-state index contributed by atoms with van der Waals surface area (Å²) in [7, 11) is 1.73. The average Bonchev–Trinajstić information content (AvgIpc) is 3.38. The lowest BCUT2D eigenvalue weighted by Gasteiger charge is -2.32. The number of rotatable bonds is 6. The van der Waals surface area contributed by atoms with Crippen molar-refractivity contribution in [1.82, 2.24) is 5.32 Å². The van der Waals surface area contributed by atoms with Crippen molar-refractivity contribution in [3.63, 3.8) is 0 Å². The third-order valence-corrected chi connectivity index (χ3v) is 5.41. The summed E-state index contributed by atoms with van der Waals surface area (Å²) in [6, 6.07) is 9.96. The number of hydrogen-bond donors (Lipinski definition) is 1. The van der Waals surface area contributed by atoms with Crippen LogP contribution >= 0.6 is 0 Å². The molecule has 2 aliphatic carbocycles. The zero-order valence-corrected chi connectivity index (χ0v) is 13.5. The molecule has 0 bridgehead atoms. The van der Waals surface area contributed by atoms with Crippen LogP contribution in [0, 0.1) is 11.8 Å². The summed E-state index contributed by atoms with van der Waals surface area (Å²) in [6.45, 7) is 2.34. The quantitative estimate of drug-likeness (QED) is 0.818. The molecule has 0 heterocycles. The van der Waals surface area contributed by atoms with Crippen LogP contribution in [0.4, 0.5) is 0 Å². The van der Waals surface area contributed by atoms with E-state index < -0.39 is 0 Å². The van der Waals surface area contributed by atoms with Gasteiger partial charge in [0, 0.05) is 12.1 Å². The third kappa shape index (κ3) is 3.79. The van der Waals surface area contributed by atoms with E-state index in [0.29, 0.717) is 6.04 Å². The molecule has 2 nitrogen and oxygen atoms in total. The largest absolute Gasteiger partial charge is 0.497 e. The molecule has 0 aliphatic heterocycles. The number of nitrogens with one attached hydrogen (secondary N) is 1. The summed E-state index contributed by atoms with van der Waals surface area (Å²) in [5.74, 6) is 2.78. The Balaban J connectivity index is 1.62. The summed E-state index contributed by atoms with van der Waals surface area (Å²) < 4.78 is 5.28. The monoisotopic (exact) mass is 287 g/mol. The van der Waals surface area contributed by atoms with Gasteiger partial charge in [0.25, 0.3) is 0 Å². The van der Waals surface area contributed by atoms with Gasteiger partial charge in [-0.25, -0.2) is 0 Å². The lowest BCUT2D eigenvalue weighted by atomic mass is 9.84. The summed E-state index contributed by atoms with van der Waals surface area (Å²) in [6.07, 6.45) is 9.66. The van der Waals surface area contributed by atoms with E-state index in [1.165, 1.54) is 50.5 Å². The first-order valence-corrected chi connectivity index (χ1v) is 8.70. The minimum absolute atomic E-state index is 0.555. The van der Waals surface area contributed by atoms with Gasteiger partial charge in [0.1, 0.15) is 5.75 Å². The van der Waals surface area contributed by atoms with E-state index in [9.17, 15) is 0 Å². The first-order chi connectivity index (χ1) is 10.3. The van der Waals surface area contributed by atoms with Crippen molar-refractivity contribution in [1.29, 1.82) is 0 Å². The van der Waals surface area contributed by atoms with Crippen LogP contribution in [-0.2, 0) is 0 Å². The zero-order chi connectivity index (χ0) is 14.7. The Morgan fingerprint density at radius 2 is 1.71 bits per heavy atom. The molecule has 0 aromatic heterocycles. The molecule has 1 atom stereocenters. The molecule has 21 heavy (non-hydrogen) atoms. The number of hydrogen-bond acceptors (Lipinski definition) is 2. The first kappa shape index (κ1) is 14.9. The predicted octanol–water partition coefficient (Wildman–Crippen LogP) is 4.70. The molecule has 0 saturated heterocycles. The van der Waals surface area contributed by atoms with Crippen molar-refractivity contribution in [3.05, 3.63) is 29.8 Å².